The van der Waals surface area contributed by atoms with Crippen molar-refractivity contribution in [3.63, 3.8) is 0 Å². The summed E-state index contributed by atoms with van der Waals surface area (Å²) in [5.41, 5.74) is 1.26. The number of aromatic amines is 1. The number of allylic oxidation sites excluding steroid dienone is 7. The molecule has 1 saturated heterocycles. The molecule has 1 aliphatic carbocycles. The van der Waals surface area contributed by atoms with Crippen LogP contribution in [-0.2, 0) is 4.74 Å². The molecule has 0 aromatic carbocycles. The number of amides is 1. The zero-order valence-electron chi connectivity index (χ0n) is 21.7. The normalized spacial score (nSPS) is 28.8. The van der Waals surface area contributed by atoms with E-state index in [-0.39, 0.29) is 30.7 Å². The number of nitriles is 1. The Hall–Kier alpha value is -2.99. The van der Waals surface area contributed by atoms with E-state index in [9.17, 15) is 15.0 Å². The predicted octanol–water partition coefficient (Wildman–Crippen LogP) is 4.07. The van der Waals surface area contributed by atoms with Crippen LogP contribution in [0.15, 0.2) is 53.9 Å². The van der Waals surface area contributed by atoms with Gasteiger partial charge in [-0.1, -0.05) is 43.7 Å². The first kappa shape index (κ1) is 27.6. The van der Waals surface area contributed by atoms with Gasteiger partial charge < -0.3 is 25.3 Å². The smallest absolute Gasteiger partial charge is 0.291 e. The summed E-state index contributed by atoms with van der Waals surface area (Å²) in [7, 11) is 0. The summed E-state index contributed by atoms with van der Waals surface area (Å²) in [4.78, 5) is 18.9. The van der Waals surface area contributed by atoms with E-state index < -0.39 is 17.1 Å². The lowest BCUT2D eigenvalue weighted by molar-refractivity contribution is -0.212. The van der Waals surface area contributed by atoms with Crippen LogP contribution in [0.1, 0.15) is 76.1 Å². The highest BCUT2D eigenvalue weighted by Crippen LogP contribution is 2.42. The van der Waals surface area contributed by atoms with Gasteiger partial charge >= 0.3 is 0 Å². The molecule has 8 nitrogen and oxygen atoms in total. The van der Waals surface area contributed by atoms with E-state index in [0.29, 0.717) is 18.3 Å². The van der Waals surface area contributed by atoms with E-state index in [1.807, 2.05) is 26.0 Å². The number of aliphatic hydroxyl groups is 2. The van der Waals surface area contributed by atoms with Gasteiger partial charge in [0.05, 0.1) is 24.4 Å². The Kier molecular flexibility index (Phi) is 8.72. The summed E-state index contributed by atoms with van der Waals surface area (Å²) in [6, 6.07) is 1.88. The maximum Gasteiger partial charge on any atom is 0.291 e. The maximum atomic E-state index is 12.3. The number of nitrogens with zero attached hydrogens (tertiary/aromatic N) is 2. The highest BCUT2D eigenvalue weighted by atomic mass is 16.5. The summed E-state index contributed by atoms with van der Waals surface area (Å²) in [5.74, 6) is -0.345. The summed E-state index contributed by atoms with van der Waals surface area (Å²) in [6.45, 7) is 8.02. The molecule has 3 rings (SSSR count). The first-order chi connectivity index (χ1) is 17.0. The molecule has 1 fully saturated rings. The lowest BCUT2D eigenvalue weighted by atomic mass is 9.75. The van der Waals surface area contributed by atoms with E-state index in [1.165, 1.54) is 18.0 Å². The van der Waals surface area contributed by atoms with E-state index in [2.05, 4.69) is 47.4 Å². The Morgan fingerprint density at radius 1 is 1.28 bits per heavy atom. The third kappa shape index (κ3) is 7.26. The van der Waals surface area contributed by atoms with Gasteiger partial charge in [0.15, 0.2) is 11.5 Å². The number of carbonyl (C=O) groups excluding carboxylic acids is 1. The van der Waals surface area contributed by atoms with Crippen molar-refractivity contribution in [2.75, 3.05) is 13.2 Å². The van der Waals surface area contributed by atoms with Gasteiger partial charge in [0, 0.05) is 12.4 Å². The Morgan fingerprint density at radius 3 is 2.53 bits per heavy atom. The molecule has 2 heterocycles. The fraction of sp³-hybridized carbons (Fsp3) is 0.536. The first-order valence-corrected chi connectivity index (χ1v) is 12.4. The van der Waals surface area contributed by atoms with Crippen molar-refractivity contribution in [3.05, 3.63) is 65.4 Å². The van der Waals surface area contributed by atoms with Crippen molar-refractivity contribution in [1.29, 1.82) is 5.26 Å². The lowest BCUT2D eigenvalue weighted by Gasteiger charge is -2.47. The molecule has 36 heavy (non-hydrogen) atoms. The number of aliphatic hydroxyl groups excluding tert-OH is 2. The Balaban J connectivity index is 1.82. The second-order valence-corrected chi connectivity index (χ2v) is 11.1. The first-order valence-electron chi connectivity index (χ1n) is 12.4. The molecule has 0 bridgehead atoms. The number of ether oxygens (including phenoxy) is 1. The minimum Gasteiger partial charge on any atom is -0.393 e. The lowest BCUT2D eigenvalue weighted by Crippen LogP contribution is -2.52. The largest absolute Gasteiger partial charge is 0.393 e. The molecule has 1 aliphatic heterocycles. The molecule has 0 saturated carbocycles. The molecular weight excluding hydrogens is 456 g/mol. The average molecular weight is 495 g/mol. The second kappa shape index (κ2) is 11.4. The highest BCUT2D eigenvalue weighted by Gasteiger charge is 2.44. The summed E-state index contributed by atoms with van der Waals surface area (Å²) < 4.78 is 6.10. The fourth-order valence-corrected chi connectivity index (χ4v) is 4.85. The Morgan fingerprint density at radius 2 is 1.97 bits per heavy atom. The van der Waals surface area contributed by atoms with Gasteiger partial charge in [0.2, 0.25) is 0 Å². The number of nitrogens with one attached hydrogen (secondary N) is 2. The number of hydrogen-bond acceptors (Lipinski definition) is 6. The number of H-pyrrole nitrogens is 1. The Labute approximate surface area is 213 Å². The molecule has 1 amide bonds. The van der Waals surface area contributed by atoms with Crippen LogP contribution in [0.4, 0.5) is 0 Å². The minimum atomic E-state index is -0.767. The minimum absolute atomic E-state index is 0.0357. The van der Waals surface area contributed by atoms with Crippen LogP contribution in [0.25, 0.3) is 0 Å². The summed E-state index contributed by atoms with van der Waals surface area (Å²) in [5, 5.41) is 31.6. The van der Waals surface area contributed by atoms with Gasteiger partial charge in [0.25, 0.3) is 5.91 Å². The molecule has 194 valence electrons. The van der Waals surface area contributed by atoms with Crippen LogP contribution in [0.2, 0.25) is 0 Å². The zero-order chi connectivity index (χ0) is 26.4. The zero-order valence-corrected chi connectivity index (χ0v) is 21.7. The third-order valence-electron chi connectivity index (χ3n) is 6.99. The molecule has 0 spiro atoms. The average Bonchev–Trinajstić information content (AvgIpc) is 3.33. The van der Waals surface area contributed by atoms with Gasteiger partial charge in [0.1, 0.15) is 6.07 Å². The standard InChI is InChI=1S/C28H38N4O4/c1-26(2)11-9-20(10-12-26)7-8-21(22-14-27(3,18-33)36-28(4,15-22)19-34)6-5-13-30-25(35)24-31-17-23(16-29)32-24/h5-9,13,17,22,33-34H,10-12,14-15,18-19H2,1-4H3,(H,30,35)(H,31,32)/b8-7+,13-5+,21-6+/t22-,27+,28-. The number of rotatable bonds is 8. The number of hydrogen-bond donors (Lipinski definition) is 4. The van der Waals surface area contributed by atoms with Crippen molar-refractivity contribution in [1.82, 2.24) is 15.3 Å². The molecule has 1 aromatic heterocycles. The van der Waals surface area contributed by atoms with Gasteiger partial charge in [-0.25, -0.2) is 4.98 Å². The molecule has 0 radical (unpaired) electrons. The van der Waals surface area contributed by atoms with Gasteiger partial charge in [-0.05, 0) is 68.9 Å². The number of carbonyl (C=O) groups is 1. The van der Waals surface area contributed by atoms with Crippen molar-refractivity contribution in [3.8, 4) is 6.07 Å². The quantitative estimate of drug-likeness (QED) is 0.403. The monoisotopic (exact) mass is 494 g/mol. The fourth-order valence-electron chi connectivity index (χ4n) is 4.85. The second-order valence-electron chi connectivity index (χ2n) is 11.1. The third-order valence-corrected chi connectivity index (χ3v) is 6.99. The van der Waals surface area contributed by atoms with Gasteiger partial charge in [-0.15, -0.1) is 0 Å². The molecular formula is C28H38N4O4. The SMILES string of the molecule is CC1(C)CC=C(/C=C/C(=C\C=C\NC(=O)c2nc(C#N)c[nH]2)[C@H]2C[C@](C)(CO)O[C@](C)(CO)C2)CC1. The molecule has 0 unspecified atom stereocenters. The highest BCUT2D eigenvalue weighted by molar-refractivity contribution is 5.91. The van der Waals surface area contributed by atoms with Crippen molar-refractivity contribution >= 4 is 5.91 Å². The van der Waals surface area contributed by atoms with Crippen LogP contribution < -0.4 is 5.32 Å². The van der Waals surface area contributed by atoms with E-state index in [4.69, 9.17) is 10.00 Å². The van der Waals surface area contributed by atoms with E-state index >= 15 is 0 Å². The van der Waals surface area contributed by atoms with Crippen LogP contribution in [0.5, 0.6) is 0 Å². The van der Waals surface area contributed by atoms with Crippen LogP contribution >= 0.6 is 0 Å². The van der Waals surface area contributed by atoms with Gasteiger partial charge in [-0.3, -0.25) is 4.79 Å². The summed E-state index contributed by atoms with van der Waals surface area (Å²) >= 11 is 0. The molecule has 8 heteroatoms. The van der Waals surface area contributed by atoms with Crippen molar-refractivity contribution < 1.29 is 19.7 Å². The van der Waals surface area contributed by atoms with Crippen LogP contribution in [0.3, 0.4) is 0 Å². The van der Waals surface area contributed by atoms with E-state index in [1.54, 1.807) is 6.08 Å². The van der Waals surface area contributed by atoms with Gasteiger partial charge in [-0.2, -0.15) is 5.26 Å². The molecule has 3 atom stereocenters. The van der Waals surface area contributed by atoms with Crippen LogP contribution in [-0.4, -0.2) is 50.5 Å². The molecule has 4 N–H and O–H groups in total. The topological polar surface area (TPSA) is 131 Å². The van der Waals surface area contributed by atoms with Crippen molar-refractivity contribution in [2.24, 2.45) is 11.3 Å². The Bertz CT molecular complexity index is 1090. The molecule has 2 aliphatic rings. The van der Waals surface area contributed by atoms with Crippen LogP contribution in [0, 0.1) is 22.7 Å². The molecule has 1 aromatic rings. The maximum absolute atomic E-state index is 12.3. The van der Waals surface area contributed by atoms with E-state index in [0.717, 1.165) is 24.8 Å². The number of imidazole rings is 1. The van der Waals surface area contributed by atoms with Crippen molar-refractivity contribution in [2.45, 2.75) is 71.0 Å². The summed E-state index contributed by atoms with van der Waals surface area (Å²) in [6.07, 6.45) is 17.6. The number of aromatic nitrogens is 2. The predicted molar refractivity (Wildman–Crippen MR) is 138 cm³/mol.